The zero-order chi connectivity index (χ0) is 14.4. The summed E-state index contributed by atoms with van der Waals surface area (Å²) in [5.74, 6) is 0.0713. The summed E-state index contributed by atoms with van der Waals surface area (Å²) in [4.78, 5) is 14.1. The number of carbonyl (C=O) groups excluding carboxylic acids is 1. The van der Waals surface area contributed by atoms with Crippen LogP contribution in [0, 0.1) is 6.92 Å². The van der Waals surface area contributed by atoms with Gasteiger partial charge in [0.25, 0.3) is 0 Å². The minimum atomic E-state index is 0.0713. The van der Waals surface area contributed by atoms with Crippen molar-refractivity contribution in [2.24, 2.45) is 0 Å². The van der Waals surface area contributed by atoms with E-state index in [1.807, 2.05) is 68.4 Å². The highest BCUT2D eigenvalue weighted by Gasteiger charge is 2.13. The van der Waals surface area contributed by atoms with Crippen LogP contribution < -0.4 is 10.2 Å². The monoisotopic (exact) mass is 268 g/mol. The molecule has 0 radical (unpaired) electrons. The molecule has 0 unspecified atom stereocenters. The van der Waals surface area contributed by atoms with E-state index in [2.05, 4.69) is 5.32 Å². The van der Waals surface area contributed by atoms with E-state index < -0.39 is 0 Å². The smallest absolute Gasteiger partial charge is 0.246 e. The number of para-hydroxylation sites is 1. The van der Waals surface area contributed by atoms with E-state index >= 15 is 0 Å². The summed E-state index contributed by atoms with van der Waals surface area (Å²) >= 11 is 0. The van der Waals surface area contributed by atoms with E-state index in [1.54, 1.807) is 4.90 Å². The van der Waals surface area contributed by atoms with Crippen LogP contribution in [0.25, 0.3) is 0 Å². The number of nitrogens with zero attached hydrogens (tertiary/aromatic N) is 1. The molecule has 3 nitrogen and oxygen atoms in total. The lowest BCUT2D eigenvalue weighted by atomic mass is 10.2. The van der Waals surface area contributed by atoms with Gasteiger partial charge >= 0.3 is 0 Å². The highest BCUT2D eigenvalue weighted by atomic mass is 16.2. The molecule has 1 amide bonds. The van der Waals surface area contributed by atoms with Crippen molar-refractivity contribution < 1.29 is 4.79 Å². The maximum Gasteiger partial charge on any atom is 0.246 e. The minimum absolute atomic E-state index is 0.0713. The molecule has 0 bridgehead atoms. The van der Waals surface area contributed by atoms with Crippen molar-refractivity contribution in [3.63, 3.8) is 0 Å². The topological polar surface area (TPSA) is 32.3 Å². The normalized spacial score (nSPS) is 10.1. The molecule has 0 heterocycles. The fourth-order valence-corrected chi connectivity index (χ4v) is 2.13. The largest absolute Gasteiger partial charge is 0.376 e. The molecule has 2 aromatic carbocycles. The number of anilines is 2. The first-order valence-electron chi connectivity index (χ1n) is 6.86. The lowest BCUT2D eigenvalue weighted by Gasteiger charge is -2.22. The SMILES string of the molecule is CCN(C(=O)CNc1ccccc1)c1cccc(C)c1. The van der Waals surface area contributed by atoms with Gasteiger partial charge in [0, 0.05) is 17.9 Å². The van der Waals surface area contributed by atoms with Crippen LogP contribution in [0.5, 0.6) is 0 Å². The summed E-state index contributed by atoms with van der Waals surface area (Å²) in [6, 6.07) is 17.8. The van der Waals surface area contributed by atoms with Gasteiger partial charge < -0.3 is 10.2 Å². The maximum atomic E-state index is 12.3. The number of likely N-dealkylation sites (N-methyl/N-ethyl adjacent to an activating group) is 1. The third-order valence-electron chi connectivity index (χ3n) is 3.15. The molecule has 2 rings (SSSR count). The molecule has 0 aliphatic carbocycles. The van der Waals surface area contributed by atoms with Crippen LogP contribution in [-0.2, 0) is 4.79 Å². The number of amides is 1. The number of benzene rings is 2. The fraction of sp³-hybridized carbons (Fsp3) is 0.235. The summed E-state index contributed by atoms with van der Waals surface area (Å²) in [5, 5.41) is 3.15. The Bertz CT molecular complexity index is 566. The third-order valence-corrected chi connectivity index (χ3v) is 3.15. The molecule has 0 saturated carbocycles. The molecule has 0 aromatic heterocycles. The number of aryl methyl sites for hydroxylation is 1. The molecule has 0 atom stereocenters. The Balaban J connectivity index is 2.02. The summed E-state index contributed by atoms with van der Waals surface area (Å²) in [5.41, 5.74) is 3.07. The molecule has 20 heavy (non-hydrogen) atoms. The van der Waals surface area contributed by atoms with E-state index in [4.69, 9.17) is 0 Å². The molecule has 0 saturated heterocycles. The summed E-state index contributed by atoms with van der Waals surface area (Å²) < 4.78 is 0. The van der Waals surface area contributed by atoms with E-state index in [1.165, 1.54) is 0 Å². The number of rotatable bonds is 5. The summed E-state index contributed by atoms with van der Waals surface area (Å²) in [6.07, 6.45) is 0. The van der Waals surface area contributed by atoms with Crippen LogP contribution >= 0.6 is 0 Å². The van der Waals surface area contributed by atoms with Gasteiger partial charge in [-0.1, -0.05) is 30.3 Å². The Kier molecular flexibility index (Phi) is 4.77. The number of nitrogens with one attached hydrogen (secondary N) is 1. The first kappa shape index (κ1) is 14.1. The molecule has 0 fully saturated rings. The van der Waals surface area contributed by atoms with Crippen LogP contribution in [0.4, 0.5) is 11.4 Å². The van der Waals surface area contributed by atoms with Gasteiger partial charge in [-0.15, -0.1) is 0 Å². The molecule has 2 aromatic rings. The highest BCUT2D eigenvalue weighted by Crippen LogP contribution is 2.16. The molecular weight excluding hydrogens is 248 g/mol. The zero-order valence-electron chi connectivity index (χ0n) is 12.0. The van der Waals surface area contributed by atoms with E-state index in [-0.39, 0.29) is 5.91 Å². The molecule has 1 N–H and O–H groups in total. The van der Waals surface area contributed by atoms with Gasteiger partial charge in [-0.05, 0) is 43.7 Å². The van der Waals surface area contributed by atoms with Gasteiger partial charge in [0.1, 0.15) is 0 Å². The number of hydrogen-bond donors (Lipinski definition) is 1. The minimum Gasteiger partial charge on any atom is -0.376 e. The van der Waals surface area contributed by atoms with E-state index in [0.29, 0.717) is 13.1 Å². The van der Waals surface area contributed by atoms with Crippen molar-refractivity contribution in [1.29, 1.82) is 0 Å². The fourth-order valence-electron chi connectivity index (χ4n) is 2.13. The van der Waals surface area contributed by atoms with E-state index in [9.17, 15) is 4.79 Å². The van der Waals surface area contributed by atoms with Crippen molar-refractivity contribution in [1.82, 2.24) is 0 Å². The van der Waals surface area contributed by atoms with Crippen molar-refractivity contribution in [2.75, 3.05) is 23.3 Å². The quantitative estimate of drug-likeness (QED) is 0.900. The Labute approximate surface area is 120 Å². The van der Waals surface area contributed by atoms with E-state index in [0.717, 1.165) is 16.9 Å². The molecule has 104 valence electrons. The Morgan fingerprint density at radius 3 is 2.50 bits per heavy atom. The average molecular weight is 268 g/mol. The standard InChI is InChI=1S/C17H20N2O/c1-3-19(16-11-7-8-14(2)12-16)17(20)13-18-15-9-5-4-6-10-15/h4-12,18H,3,13H2,1-2H3. The van der Waals surface area contributed by atoms with Crippen LogP contribution in [0.3, 0.4) is 0 Å². The van der Waals surface area contributed by atoms with Crippen molar-refractivity contribution in [3.8, 4) is 0 Å². The van der Waals surface area contributed by atoms with Gasteiger partial charge in [-0.25, -0.2) is 0 Å². The lowest BCUT2D eigenvalue weighted by molar-refractivity contribution is -0.116. The zero-order valence-corrected chi connectivity index (χ0v) is 12.0. The third kappa shape index (κ3) is 3.60. The van der Waals surface area contributed by atoms with Crippen molar-refractivity contribution >= 4 is 17.3 Å². The second-order valence-corrected chi connectivity index (χ2v) is 4.70. The lowest BCUT2D eigenvalue weighted by Crippen LogP contribution is -2.35. The van der Waals surface area contributed by atoms with Gasteiger partial charge in [-0.3, -0.25) is 4.79 Å². The Morgan fingerprint density at radius 1 is 1.10 bits per heavy atom. The van der Waals surface area contributed by atoms with Crippen LogP contribution in [0.2, 0.25) is 0 Å². The van der Waals surface area contributed by atoms with Gasteiger partial charge in [-0.2, -0.15) is 0 Å². The van der Waals surface area contributed by atoms with Crippen LogP contribution in [0.1, 0.15) is 12.5 Å². The second-order valence-electron chi connectivity index (χ2n) is 4.70. The highest BCUT2D eigenvalue weighted by molar-refractivity contribution is 5.96. The summed E-state index contributed by atoms with van der Waals surface area (Å²) in [6.45, 7) is 4.98. The maximum absolute atomic E-state index is 12.3. The molecular formula is C17H20N2O. The molecule has 0 aliphatic heterocycles. The second kappa shape index (κ2) is 6.75. The first-order chi connectivity index (χ1) is 9.70. The van der Waals surface area contributed by atoms with Gasteiger partial charge in [0.2, 0.25) is 5.91 Å². The molecule has 3 heteroatoms. The van der Waals surface area contributed by atoms with Crippen molar-refractivity contribution in [2.45, 2.75) is 13.8 Å². The number of carbonyl (C=O) groups is 1. The van der Waals surface area contributed by atoms with Crippen LogP contribution in [-0.4, -0.2) is 19.0 Å². The molecule has 0 aliphatic rings. The van der Waals surface area contributed by atoms with Crippen LogP contribution in [0.15, 0.2) is 54.6 Å². The average Bonchev–Trinajstić information content (AvgIpc) is 2.47. The summed E-state index contributed by atoms with van der Waals surface area (Å²) in [7, 11) is 0. The Hall–Kier alpha value is -2.29. The predicted molar refractivity (Wildman–Crippen MR) is 84.1 cm³/mol. The number of hydrogen-bond acceptors (Lipinski definition) is 2. The van der Waals surface area contributed by atoms with Gasteiger partial charge in [0.05, 0.1) is 6.54 Å². The predicted octanol–water partition coefficient (Wildman–Crippen LogP) is 3.46. The Morgan fingerprint density at radius 2 is 1.85 bits per heavy atom. The molecule has 0 spiro atoms. The first-order valence-corrected chi connectivity index (χ1v) is 6.86. The van der Waals surface area contributed by atoms with Gasteiger partial charge in [0.15, 0.2) is 0 Å². The van der Waals surface area contributed by atoms with Crippen molar-refractivity contribution in [3.05, 3.63) is 60.2 Å².